The molecule has 3 rings (SSSR count). The van der Waals surface area contributed by atoms with Crippen LogP contribution in [-0.4, -0.2) is 37.4 Å². The lowest BCUT2D eigenvalue weighted by molar-refractivity contribution is 0.0977. The Bertz CT molecular complexity index is 1260. The lowest BCUT2D eigenvalue weighted by atomic mass is 10.2. The molecule has 0 spiro atoms. The second-order valence-corrected chi connectivity index (χ2v) is 11.1. The molecule has 0 fully saturated rings. The van der Waals surface area contributed by atoms with Gasteiger partial charge in [-0.3, -0.25) is 10.1 Å². The van der Waals surface area contributed by atoms with Crippen LogP contribution in [0.1, 0.15) is 48.5 Å². The minimum absolute atomic E-state index is 0.109. The summed E-state index contributed by atoms with van der Waals surface area (Å²) < 4.78 is 32.8. The van der Waals surface area contributed by atoms with Crippen LogP contribution in [0.25, 0.3) is 0 Å². The number of hydrogen-bond donors (Lipinski definition) is 2. The highest BCUT2D eigenvalue weighted by Crippen LogP contribution is 2.19. The van der Waals surface area contributed by atoms with Crippen molar-refractivity contribution in [2.75, 3.05) is 19.0 Å². The molecule has 0 aliphatic rings. The molecule has 2 N–H and O–H groups in total. The summed E-state index contributed by atoms with van der Waals surface area (Å²) in [6.45, 7) is 3.09. The first-order valence-corrected chi connectivity index (χ1v) is 14.1. The van der Waals surface area contributed by atoms with Crippen molar-refractivity contribution in [2.45, 2.75) is 44.0 Å². The number of unbranched alkanes of at least 4 members (excludes halogenated alkanes) is 3. The van der Waals surface area contributed by atoms with Gasteiger partial charge in [0.2, 0.25) is 10.0 Å². The van der Waals surface area contributed by atoms with Gasteiger partial charge in [0.25, 0.3) is 5.91 Å². The first-order valence-electron chi connectivity index (χ1n) is 12.2. The van der Waals surface area contributed by atoms with Gasteiger partial charge in [0.1, 0.15) is 5.75 Å². The van der Waals surface area contributed by atoms with Gasteiger partial charge in [0.15, 0.2) is 5.11 Å². The fraction of sp³-hybridized carbons (Fsp3) is 0.286. The summed E-state index contributed by atoms with van der Waals surface area (Å²) in [7, 11) is -2.11. The average molecular weight is 540 g/mol. The molecule has 0 aliphatic carbocycles. The van der Waals surface area contributed by atoms with Gasteiger partial charge < -0.3 is 10.1 Å². The van der Waals surface area contributed by atoms with Crippen molar-refractivity contribution in [3.8, 4) is 5.75 Å². The van der Waals surface area contributed by atoms with E-state index in [2.05, 4.69) is 17.6 Å². The van der Waals surface area contributed by atoms with Crippen molar-refractivity contribution in [1.82, 2.24) is 9.62 Å². The molecule has 1 amide bonds. The van der Waals surface area contributed by atoms with Gasteiger partial charge >= 0.3 is 0 Å². The summed E-state index contributed by atoms with van der Waals surface area (Å²) in [5.41, 5.74) is 1.91. The van der Waals surface area contributed by atoms with Crippen molar-refractivity contribution in [2.24, 2.45) is 0 Å². The van der Waals surface area contributed by atoms with E-state index >= 15 is 0 Å². The number of nitrogens with one attached hydrogen (secondary N) is 2. The van der Waals surface area contributed by atoms with E-state index in [1.807, 2.05) is 30.3 Å². The third-order valence-corrected chi connectivity index (χ3v) is 7.70. The standard InChI is InChI=1S/C28H33N3O4S2/c1-3-4-5-9-20-35-25-16-12-23(13-17-25)27(32)30-28(36)29-24-14-18-26(19-15-24)37(33,34)31(2)21-22-10-7-6-8-11-22/h6-8,10-19H,3-5,9,20-21H2,1-2H3,(H2,29,30,32,36). The van der Waals surface area contributed by atoms with Crippen LogP contribution in [0, 0.1) is 0 Å². The SMILES string of the molecule is CCCCCCOc1ccc(C(=O)NC(=S)Nc2ccc(S(=O)(=O)N(C)Cc3ccccc3)cc2)cc1. The molecule has 3 aromatic carbocycles. The highest BCUT2D eigenvalue weighted by molar-refractivity contribution is 7.89. The van der Waals surface area contributed by atoms with Gasteiger partial charge in [-0.05, 0) is 72.7 Å². The molecule has 9 heteroatoms. The maximum absolute atomic E-state index is 12.9. The zero-order valence-electron chi connectivity index (χ0n) is 21.1. The Morgan fingerprint density at radius 3 is 2.24 bits per heavy atom. The fourth-order valence-corrected chi connectivity index (χ4v) is 4.94. The molecule has 3 aromatic rings. The average Bonchev–Trinajstić information content (AvgIpc) is 2.89. The van der Waals surface area contributed by atoms with Gasteiger partial charge in [0.05, 0.1) is 11.5 Å². The van der Waals surface area contributed by atoms with Crippen molar-refractivity contribution in [3.63, 3.8) is 0 Å². The second-order valence-electron chi connectivity index (χ2n) is 8.61. The van der Waals surface area contributed by atoms with E-state index in [4.69, 9.17) is 17.0 Å². The van der Waals surface area contributed by atoms with Crippen LogP contribution >= 0.6 is 12.2 Å². The van der Waals surface area contributed by atoms with Crippen LogP contribution in [0.5, 0.6) is 5.75 Å². The summed E-state index contributed by atoms with van der Waals surface area (Å²) >= 11 is 5.26. The van der Waals surface area contributed by atoms with E-state index in [1.54, 1.807) is 43.4 Å². The van der Waals surface area contributed by atoms with Crippen molar-refractivity contribution in [1.29, 1.82) is 0 Å². The fourth-order valence-electron chi connectivity index (χ4n) is 3.57. The quantitative estimate of drug-likeness (QED) is 0.230. The zero-order valence-corrected chi connectivity index (χ0v) is 22.8. The lowest BCUT2D eigenvalue weighted by Crippen LogP contribution is -2.34. The Kier molecular flexibility index (Phi) is 10.6. The van der Waals surface area contributed by atoms with Crippen molar-refractivity contribution < 1.29 is 17.9 Å². The predicted octanol–water partition coefficient (Wildman–Crippen LogP) is 5.59. The number of thiocarbonyl (C=S) groups is 1. The van der Waals surface area contributed by atoms with Crippen LogP contribution in [0.15, 0.2) is 83.8 Å². The second kappa shape index (κ2) is 13.9. The summed E-state index contributed by atoms with van der Waals surface area (Å²) in [5.74, 6) is 0.368. The van der Waals surface area contributed by atoms with Crippen LogP contribution in [-0.2, 0) is 16.6 Å². The number of hydrogen-bond acceptors (Lipinski definition) is 5. The van der Waals surface area contributed by atoms with Crippen LogP contribution in [0.2, 0.25) is 0 Å². The largest absolute Gasteiger partial charge is 0.494 e. The van der Waals surface area contributed by atoms with E-state index in [0.717, 1.165) is 24.2 Å². The van der Waals surface area contributed by atoms with Gasteiger partial charge in [0, 0.05) is 24.8 Å². The van der Waals surface area contributed by atoms with Gasteiger partial charge in [-0.25, -0.2) is 8.42 Å². The third-order valence-electron chi connectivity index (χ3n) is 5.68. The van der Waals surface area contributed by atoms with Gasteiger partial charge in [-0.2, -0.15) is 4.31 Å². The highest BCUT2D eigenvalue weighted by atomic mass is 32.2. The van der Waals surface area contributed by atoms with E-state index < -0.39 is 10.0 Å². The smallest absolute Gasteiger partial charge is 0.257 e. The molecule has 0 heterocycles. The van der Waals surface area contributed by atoms with Gasteiger partial charge in [-0.15, -0.1) is 0 Å². The molecule has 196 valence electrons. The Balaban J connectivity index is 1.50. The van der Waals surface area contributed by atoms with Crippen LogP contribution in [0.3, 0.4) is 0 Å². The molecule has 0 atom stereocenters. The van der Waals surface area contributed by atoms with Crippen molar-refractivity contribution >= 4 is 38.9 Å². The number of anilines is 1. The highest BCUT2D eigenvalue weighted by Gasteiger charge is 2.21. The molecule has 7 nitrogen and oxygen atoms in total. The van der Waals surface area contributed by atoms with E-state index in [1.165, 1.54) is 29.3 Å². The Morgan fingerprint density at radius 2 is 1.59 bits per heavy atom. The number of nitrogens with zero attached hydrogens (tertiary/aromatic N) is 1. The van der Waals surface area contributed by atoms with E-state index in [9.17, 15) is 13.2 Å². The number of amides is 1. The molecule has 0 bridgehead atoms. The van der Waals surface area contributed by atoms with Gasteiger partial charge in [-0.1, -0.05) is 56.5 Å². The first-order chi connectivity index (χ1) is 17.8. The number of carbonyl (C=O) groups is 1. The summed E-state index contributed by atoms with van der Waals surface area (Å²) in [6.07, 6.45) is 4.53. The molecule has 0 radical (unpaired) electrons. The van der Waals surface area contributed by atoms with Crippen molar-refractivity contribution in [3.05, 3.63) is 90.0 Å². The number of carbonyl (C=O) groups excluding carboxylic acids is 1. The lowest BCUT2D eigenvalue weighted by Gasteiger charge is -2.17. The molecule has 0 unspecified atom stereocenters. The Hall–Kier alpha value is -3.27. The van der Waals surface area contributed by atoms with E-state index in [-0.39, 0.29) is 22.5 Å². The summed E-state index contributed by atoms with van der Waals surface area (Å²) in [6, 6.07) is 22.5. The number of ether oxygens (including phenoxy) is 1. The maximum atomic E-state index is 12.9. The molecular formula is C28H33N3O4S2. The predicted molar refractivity (Wildman–Crippen MR) is 151 cm³/mol. The Morgan fingerprint density at radius 1 is 0.919 bits per heavy atom. The molecule has 37 heavy (non-hydrogen) atoms. The minimum atomic E-state index is -3.66. The first kappa shape index (κ1) is 28.3. The minimum Gasteiger partial charge on any atom is -0.494 e. The summed E-state index contributed by atoms with van der Waals surface area (Å²) in [5, 5.41) is 5.66. The maximum Gasteiger partial charge on any atom is 0.257 e. The number of rotatable bonds is 12. The molecule has 0 aromatic heterocycles. The molecule has 0 saturated carbocycles. The molecule has 0 aliphatic heterocycles. The number of benzene rings is 3. The van der Waals surface area contributed by atoms with E-state index in [0.29, 0.717) is 17.9 Å². The Labute approximate surface area is 224 Å². The van der Waals surface area contributed by atoms with Crippen LogP contribution in [0.4, 0.5) is 5.69 Å². The summed E-state index contributed by atoms with van der Waals surface area (Å²) in [4.78, 5) is 12.7. The third kappa shape index (κ3) is 8.66. The monoisotopic (exact) mass is 539 g/mol. The van der Waals surface area contributed by atoms with Crippen LogP contribution < -0.4 is 15.4 Å². The normalized spacial score (nSPS) is 11.2. The zero-order chi connectivity index (χ0) is 26.7. The number of sulfonamides is 1. The molecule has 0 saturated heterocycles. The molecular weight excluding hydrogens is 506 g/mol. The topological polar surface area (TPSA) is 87.7 Å².